The van der Waals surface area contributed by atoms with Gasteiger partial charge in [0.2, 0.25) is 0 Å². The first kappa shape index (κ1) is 13.9. The van der Waals surface area contributed by atoms with Gasteiger partial charge in [0.15, 0.2) is 0 Å². The predicted molar refractivity (Wildman–Crippen MR) is 68.6 cm³/mol. The van der Waals surface area contributed by atoms with Crippen LogP contribution in [-0.4, -0.2) is 47.8 Å². The van der Waals surface area contributed by atoms with Crippen LogP contribution in [0.15, 0.2) is 0 Å². The maximum atomic E-state index is 9.54. The molecule has 3 nitrogen and oxygen atoms in total. The lowest BCUT2D eigenvalue weighted by atomic mass is 9.93. The molecule has 0 saturated carbocycles. The molecule has 0 radical (unpaired) electrons. The standard InChI is InChI=1S/C13H28N2O/c1-11(2)14-13(5,10-16)9-15-7-6-12(3,4)8-15/h11,14,16H,6-10H2,1-5H3. The van der Waals surface area contributed by atoms with Crippen molar-refractivity contribution in [1.29, 1.82) is 0 Å². The molecule has 1 aliphatic rings. The van der Waals surface area contributed by atoms with Crippen molar-refractivity contribution in [2.24, 2.45) is 5.41 Å². The van der Waals surface area contributed by atoms with Gasteiger partial charge in [-0.05, 0) is 25.3 Å². The Bertz CT molecular complexity index is 228. The van der Waals surface area contributed by atoms with Crippen LogP contribution in [0.25, 0.3) is 0 Å². The summed E-state index contributed by atoms with van der Waals surface area (Å²) >= 11 is 0. The molecule has 0 amide bonds. The van der Waals surface area contributed by atoms with Crippen LogP contribution < -0.4 is 5.32 Å². The van der Waals surface area contributed by atoms with Crippen LogP contribution in [0.3, 0.4) is 0 Å². The maximum absolute atomic E-state index is 9.54. The summed E-state index contributed by atoms with van der Waals surface area (Å²) in [6.07, 6.45) is 1.26. The van der Waals surface area contributed by atoms with Gasteiger partial charge in [-0.25, -0.2) is 0 Å². The van der Waals surface area contributed by atoms with Crippen LogP contribution >= 0.6 is 0 Å². The van der Waals surface area contributed by atoms with E-state index in [4.69, 9.17) is 0 Å². The average molecular weight is 228 g/mol. The summed E-state index contributed by atoms with van der Waals surface area (Å²) in [5, 5.41) is 13.0. The number of hydrogen-bond acceptors (Lipinski definition) is 3. The highest BCUT2D eigenvalue weighted by molar-refractivity contribution is 4.92. The molecule has 0 aliphatic carbocycles. The van der Waals surface area contributed by atoms with Crippen LogP contribution in [0, 0.1) is 5.41 Å². The molecule has 0 bridgehead atoms. The van der Waals surface area contributed by atoms with Gasteiger partial charge >= 0.3 is 0 Å². The van der Waals surface area contributed by atoms with E-state index >= 15 is 0 Å². The number of aliphatic hydroxyl groups excluding tert-OH is 1. The fraction of sp³-hybridized carbons (Fsp3) is 1.00. The lowest BCUT2D eigenvalue weighted by Gasteiger charge is -2.35. The van der Waals surface area contributed by atoms with E-state index in [0.29, 0.717) is 11.5 Å². The van der Waals surface area contributed by atoms with E-state index in [-0.39, 0.29) is 12.1 Å². The summed E-state index contributed by atoms with van der Waals surface area (Å²) in [5.74, 6) is 0. The number of nitrogens with zero attached hydrogens (tertiary/aromatic N) is 1. The minimum atomic E-state index is -0.172. The molecule has 1 saturated heterocycles. The molecular formula is C13H28N2O. The first-order valence-corrected chi connectivity index (χ1v) is 6.37. The zero-order chi connectivity index (χ0) is 12.4. The molecule has 96 valence electrons. The van der Waals surface area contributed by atoms with E-state index in [9.17, 15) is 5.11 Å². The molecular weight excluding hydrogens is 200 g/mol. The number of likely N-dealkylation sites (tertiary alicyclic amines) is 1. The molecule has 3 heteroatoms. The summed E-state index contributed by atoms with van der Waals surface area (Å²) in [4.78, 5) is 2.46. The zero-order valence-electron chi connectivity index (χ0n) is 11.5. The zero-order valence-corrected chi connectivity index (χ0v) is 11.5. The number of rotatable bonds is 5. The molecule has 0 aromatic heterocycles. The second-order valence-corrected chi connectivity index (χ2v) is 6.64. The van der Waals surface area contributed by atoms with Gasteiger partial charge in [0.25, 0.3) is 0 Å². The van der Waals surface area contributed by atoms with Crippen molar-refractivity contribution in [2.45, 2.75) is 52.6 Å². The number of aliphatic hydroxyl groups is 1. The fourth-order valence-electron chi connectivity index (χ4n) is 2.69. The van der Waals surface area contributed by atoms with Crippen molar-refractivity contribution >= 4 is 0 Å². The monoisotopic (exact) mass is 228 g/mol. The molecule has 1 atom stereocenters. The molecule has 0 aromatic carbocycles. The van der Waals surface area contributed by atoms with Gasteiger partial charge in [-0.2, -0.15) is 0 Å². The van der Waals surface area contributed by atoms with Crippen molar-refractivity contribution in [3.05, 3.63) is 0 Å². The Kier molecular flexibility index (Phi) is 4.38. The first-order chi connectivity index (χ1) is 7.26. The van der Waals surface area contributed by atoms with Crippen LogP contribution in [0.2, 0.25) is 0 Å². The van der Waals surface area contributed by atoms with E-state index < -0.39 is 0 Å². The van der Waals surface area contributed by atoms with Crippen LogP contribution in [0.5, 0.6) is 0 Å². The number of hydrogen-bond donors (Lipinski definition) is 2. The first-order valence-electron chi connectivity index (χ1n) is 6.37. The van der Waals surface area contributed by atoms with Crippen LogP contribution in [-0.2, 0) is 0 Å². The lowest BCUT2D eigenvalue weighted by molar-refractivity contribution is 0.119. The van der Waals surface area contributed by atoms with Crippen molar-refractivity contribution < 1.29 is 5.11 Å². The second kappa shape index (κ2) is 5.03. The predicted octanol–water partition coefficient (Wildman–Crippen LogP) is 1.47. The SMILES string of the molecule is CC(C)NC(C)(CO)CN1CCC(C)(C)C1. The summed E-state index contributed by atoms with van der Waals surface area (Å²) in [6.45, 7) is 14.4. The minimum Gasteiger partial charge on any atom is -0.394 e. The Morgan fingerprint density at radius 1 is 1.44 bits per heavy atom. The third-order valence-electron chi connectivity index (χ3n) is 3.32. The second-order valence-electron chi connectivity index (χ2n) is 6.64. The van der Waals surface area contributed by atoms with E-state index in [1.165, 1.54) is 6.42 Å². The molecule has 1 unspecified atom stereocenters. The highest BCUT2D eigenvalue weighted by Gasteiger charge is 2.34. The van der Waals surface area contributed by atoms with Gasteiger partial charge in [-0.3, -0.25) is 0 Å². The average Bonchev–Trinajstić information content (AvgIpc) is 2.43. The molecule has 16 heavy (non-hydrogen) atoms. The highest BCUT2D eigenvalue weighted by Crippen LogP contribution is 2.29. The Hall–Kier alpha value is -0.120. The summed E-state index contributed by atoms with van der Waals surface area (Å²) in [5.41, 5.74) is 0.267. The summed E-state index contributed by atoms with van der Waals surface area (Å²) < 4.78 is 0. The Morgan fingerprint density at radius 2 is 2.06 bits per heavy atom. The third-order valence-corrected chi connectivity index (χ3v) is 3.32. The van der Waals surface area contributed by atoms with Crippen molar-refractivity contribution in [3.63, 3.8) is 0 Å². The van der Waals surface area contributed by atoms with Gasteiger partial charge in [0.1, 0.15) is 0 Å². The van der Waals surface area contributed by atoms with Crippen LogP contribution in [0.1, 0.15) is 41.0 Å². The smallest absolute Gasteiger partial charge is 0.0623 e. The Balaban J connectivity index is 2.51. The van der Waals surface area contributed by atoms with Crippen molar-refractivity contribution in [2.75, 3.05) is 26.2 Å². The quantitative estimate of drug-likeness (QED) is 0.748. The fourth-order valence-corrected chi connectivity index (χ4v) is 2.69. The third kappa shape index (κ3) is 4.04. The van der Waals surface area contributed by atoms with Gasteiger partial charge < -0.3 is 15.3 Å². The normalized spacial score (nSPS) is 24.9. The molecule has 2 N–H and O–H groups in total. The highest BCUT2D eigenvalue weighted by atomic mass is 16.3. The molecule has 0 aromatic rings. The Labute approximate surface area is 100 Å². The number of nitrogens with one attached hydrogen (secondary N) is 1. The summed E-state index contributed by atoms with van der Waals surface area (Å²) in [6, 6.07) is 0.410. The largest absolute Gasteiger partial charge is 0.394 e. The van der Waals surface area contributed by atoms with Gasteiger partial charge in [-0.1, -0.05) is 27.7 Å². The topological polar surface area (TPSA) is 35.5 Å². The lowest BCUT2D eigenvalue weighted by Crippen LogP contribution is -2.56. The minimum absolute atomic E-state index is 0.172. The maximum Gasteiger partial charge on any atom is 0.0623 e. The van der Waals surface area contributed by atoms with Gasteiger partial charge in [-0.15, -0.1) is 0 Å². The summed E-state index contributed by atoms with van der Waals surface area (Å²) in [7, 11) is 0. The van der Waals surface area contributed by atoms with Crippen LogP contribution in [0.4, 0.5) is 0 Å². The van der Waals surface area contributed by atoms with E-state index in [1.807, 2.05) is 0 Å². The Morgan fingerprint density at radius 3 is 2.44 bits per heavy atom. The molecule has 0 spiro atoms. The van der Waals surface area contributed by atoms with Gasteiger partial charge in [0, 0.05) is 19.1 Å². The van der Waals surface area contributed by atoms with E-state index in [2.05, 4.69) is 44.8 Å². The van der Waals surface area contributed by atoms with Gasteiger partial charge in [0.05, 0.1) is 12.1 Å². The molecule has 1 aliphatic heterocycles. The van der Waals surface area contributed by atoms with E-state index in [0.717, 1.165) is 19.6 Å². The molecule has 1 heterocycles. The molecule has 1 rings (SSSR count). The van der Waals surface area contributed by atoms with Crippen molar-refractivity contribution in [1.82, 2.24) is 10.2 Å². The molecule has 1 fully saturated rings. The van der Waals surface area contributed by atoms with E-state index in [1.54, 1.807) is 0 Å². The van der Waals surface area contributed by atoms with Crippen molar-refractivity contribution in [3.8, 4) is 0 Å².